The molecular formula is C8H7BrO2. The first-order chi connectivity index (χ1) is 5.27. The van der Waals surface area contributed by atoms with Crippen molar-refractivity contribution in [1.29, 1.82) is 0 Å². The molecule has 2 rings (SSSR count). The summed E-state index contributed by atoms with van der Waals surface area (Å²) in [7, 11) is 0. The molecule has 1 aliphatic heterocycles. The molecule has 0 aromatic rings. The molecule has 0 atom stereocenters. The van der Waals surface area contributed by atoms with Gasteiger partial charge in [-0.15, -0.1) is 0 Å². The van der Waals surface area contributed by atoms with E-state index in [4.69, 9.17) is 4.74 Å². The number of allylic oxidation sites excluding steroid dienone is 2. The van der Waals surface area contributed by atoms with Crippen molar-refractivity contribution < 1.29 is 9.53 Å². The molecule has 0 amide bonds. The van der Waals surface area contributed by atoms with Crippen molar-refractivity contribution in [1.82, 2.24) is 0 Å². The number of carbonyl (C=O) groups excluding carboxylic acids is 1. The molecule has 0 spiro atoms. The topological polar surface area (TPSA) is 26.3 Å². The predicted molar refractivity (Wildman–Crippen MR) is 44.0 cm³/mol. The highest BCUT2D eigenvalue weighted by atomic mass is 79.9. The van der Waals surface area contributed by atoms with E-state index in [2.05, 4.69) is 15.9 Å². The molecular weight excluding hydrogens is 208 g/mol. The van der Waals surface area contributed by atoms with Crippen molar-refractivity contribution in [2.75, 3.05) is 0 Å². The zero-order valence-corrected chi connectivity index (χ0v) is 7.48. The van der Waals surface area contributed by atoms with Crippen LogP contribution >= 0.6 is 15.9 Å². The molecule has 11 heavy (non-hydrogen) atoms. The highest BCUT2D eigenvalue weighted by molar-refractivity contribution is 9.11. The van der Waals surface area contributed by atoms with Gasteiger partial charge in [-0.1, -0.05) is 15.9 Å². The number of esters is 1. The fourth-order valence-electron chi connectivity index (χ4n) is 1.37. The van der Waals surface area contributed by atoms with Crippen molar-refractivity contribution in [3.8, 4) is 0 Å². The summed E-state index contributed by atoms with van der Waals surface area (Å²) in [5.74, 6) is 0.537. The lowest BCUT2D eigenvalue weighted by Crippen LogP contribution is -1.98. The fraction of sp³-hybridized carbons (Fsp3) is 0.375. The van der Waals surface area contributed by atoms with Crippen LogP contribution in [0.4, 0.5) is 0 Å². The molecule has 0 radical (unpaired) electrons. The molecule has 2 nitrogen and oxygen atoms in total. The van der Waals surface area contributed by atoms with E-state index in [0.29, 0.717) is 0 Å². The van der Waals surface area contributed by atoms with Crippen LogP contribution in [0.25, 0.3) is 0 Å². The SMILES string of the molecule is O=C1C=C2CCCC(Br)=C2O1. The van der Waals surface area contributed by atoms with Gasteiger partial charge in [0.25, 0.3) is 0 Å². The third-order valence-electron chi connectivity index (χ3n) is 1.88. The Labute approximate surface area is 73.0 Å². The van der Waals surface area contributed by atoms with Gasteiger partial charge >= 0.3 is 5.97 Å². The Balaban J connectivity index is 2.43. The summed E-state index contributed by atoms with van der Waals surface area (Å²) in [5.41, 5.74) is 1.05. The predicted octanol–water partition coefficient (Wildman–Crippen LogP) is 2.26. The third-order valence-corrected chi connectivity index (χ3v) is 2.63. The van der Waals surface area contributed by atoms with Crippen LogP contribution in [0.3, 0.4) is 0 Å². The van der Waals surface area contributed by atoms with E-state index in [1.165, 1.54) is 0 Å². The molecule has 0 bridgehead atoms. The number of carbonyl (C=O) groups is 1. The van der Waals surface area contributed by atoms with E-state index in [1.807, 2.05) is 0 Å². The van der Waals surface area contributed by atoms with Crippen molar-refractivity contribution in [2.45, 2.75) is 19.3 Å². The van der Waals surface area contributed by atoms with Gasteiger partial charge in [0.1, 0.15) is 5.76 Å². The van der Waals surface area contributed by atoms with Crippen molar-refractivity contribution in [3.05, 3.63) is 21.9 Å². The van der Waals surface area contributed by atoms with Gasteiger partial charge in [0.05, 0.1) is 0 Å². The van der Waals surface area contributed by atoms with Gasteiger partial charge in [0, 0.05) is 16.1 Å². The number of hydrogen-bond donors (Lipinski definition) is 0. The number of halogens is 1. The van der Waals surface area contributed by atoms with Crippen LogP contribution in [0.15, 0.2) is 21.9 Å². The number of ether oxygens (including phenoxy) is 1. The van der Waals surface area contributed by atoms with Crippen LogP contribution in [0.1, 0.15) is 19.3 Å². The average molecular weight is 215 g/mol. The molecule has 0 saturated carbocycles. The maximum Gasteiger partial charge on any atom is 0.336 e. The Morgan fingerprint density at radius 2 is 2.27 bits per heavy atom. The summed E-state index contributed by atoms with van der Waals surface area (Å²) >= 11 is 3.38. The highest BCUT2D eigenvalue weighted by Gasteiger charge is 2.25. The minimum Gasteiger partial charge on any atom is -0.422 e. The molecule has 2 aliphatic rings. The quantitative estimate of drug-likeness (QED) is 0.579. The van der Waals surface area contributed by atoms with Gasteiger partial charge in [0.15, 0.2) is 0 Å². The summed E-state index contributed by atoms with van der Waals surface area (Å²) in [5, 5.41) is 0. The monoisotopic (exact) mass is 214 g/mol. The van der Waals surface area contributed by atoms with Crippen molar-refractivity contribution in [3.63, 3.8) is 0 Å². The molecule has 0 aromatic heterocycles. The largest absolute Gasteiger partial charge is 0.422 e. The second-order valence-corrected chi connectivity index (χ2v) is 3.64. The first-order valence-corrected chi connectivity index (χ1v) is 4.38. The Morgan fingerprint density at radius 3 is 3.00 bits per heavy atom. The van der Waals surface area contributed by atoms with Gasteiger partial charge in [-0.25, -0.2) is 4.79 Å². The molecule has 3 heteroatoms. The molecule has 1 heterocycles. The Morgan fingerprint density at radius 1 is 1.45 bits per heavy atom. The summed E-state index contributed by atoms with van der Waals surface area (Å²) in [6.07, 6.45) is 4.64. The lowest BCUT2D eigenvalue weighted by atomic mass is 10.0. The van der Waals surface area contributed by atoms with E-state index >= 15 is 0 Å². The van der Waals surface area contributed by atoms with Crippen molar-refractivity contribution >= 4 is 21.9 Å². The fourth-order valence-corrected chi connectivity index (χ4v) is 1.98. The maximum atomic E-state index is 10.8. The molecule has 0 N–H and O–H groups in total. The second kappa shape index (κ2) is 2.48. The Hall–Kier alpha value is -0.570. The van der Waals surface area contributed by atoms with Crippen LogP contribution in [-0.4, -0.2) is 5.97 Å². The van der Waals surface area contributed by atoms with E-state index < -0.39 is 0 Å². The highest BCUT2D eigenvalue weighted by Crippen LogP contribution is 2.36. The number of fused-ring (bicyclic) bond motifs is 1. The minimum absolute atomic E-state index is 0.228. The summed E-state index contributed by atoms with van der Waals surface area (Å²) < 4.78 is 6.01. The van der Waals surface area contributed by atoms with Crippen LogP contribution < -0.4 is 0 Å². The van der Waals surface area contributed by atoms with Crippen molar-refractivity contribution in [2.24, 2.45) is 0 Å². The molecule has 0 unspecified atom stereocenters. The summed E-state index contributed by atoms with van der Waals surface area (Å²) in [6, 6.07) is 0. The molecule has 0 aromatic carbocycles. The van der Waals surface area contributed by atoms with E-state index in [-0.39, 0.29) is 5.97 Å². The van der Waals surface area contributed by atoms with E-state index in [0.717, 1.165) is 35.1 Å². The van der Waals surface area contributed by atoms with Crippen LogP contribution in [0.2, 0.25) is 0 Å². The minimum atomic E-state index is -0.228. The average Bonchev–Trinajstić information content (AvgIpc) is 2.31. The van der Waals surface area contributed by atoms with E-state index in [9.17, 15) is 4.79 Å². The van der Waals surface area contributed by atoms with Crippen LogP contribution in [0.5, 0.6) is 0 Å². The zero-order chi connectivity index (χ0) is 7.84. The lowest BCUT2D eigenvalue weighted by molar-refractivity contribution is -0.132. The third kappa shape index (κ3) is 1.13. The zero-order valence-electron chi connectivity index (χ0n) is 5.89. The summed E-state index contributed by atoms with van der Waals surface area (Å²) in [4.78, 5) is 10.8. The smallest absolute Gasteiger partial charge is 0.336 e. The molecule has 58 valence electrons. The molecule has 0 saturated heterocycles. The first kappa shape index (κ1) is 7.10. The van der Waals surface area contributed by atoms with E-state index in [1.54, 1.807) is 6.08 Å². The van der Waals surface area contributed by atoms with Gasteiger partial charge in [-0.3, -0.25) is 0 Å². The summed E-state index contributed by atoms with van der Waals surface area (Å²) in [6.45, 7) is 0. The first-order valence-electron chi connectivity index (χ1n) is 3.59. The van der Waals surface area contributed by atoms with Gasteiger partial charge < -0.3 is 4.74 Å². The van der Waals surface area contributed by atoms with Gasteiger partial charge in [-0.05, 0) is 19.3 Å². The molecule has 1 aliphatic carbocycles. The number of rotatable bonds is 0. The number of hydrogen-bond acceptors (Lipinski definition) is 2. The standard InChI is InChI=1S/C8H7BrO2/c9-6-3-1-2-5-4-7(10)11-8(5)6/h4H,1-3H2. The second-order valence-electron chi connectivity index (χ2n) is 2.68. The van der Waals surface area contributed by atoms with Gasteiger partial charge in [-0.2, -0.15) is 0 Å². The lowest BCUT2D eigenvalue weighted by Gasteiger charge is -2.12. The molecule has 0 fully saturated rings. The van der Waals surface area contributed by atoms with Gasteiger partial charge in [0.2, 0.25) is 0 Å². The Bertz CT molecular complexity index is 276. The Kier molecular flexibility index (Phi) is 1.60. The maximum absolute atomic E-state index is 10.8. The van der Waals surface area contributed by atoms with Crippen LogP contribution in [0, 0.1) is 0 Å². The normalized spacial score (nSPS) is 23.0. The van der Waals surface area contributed by atoms with Crippen LogP contribution in [-0.2, 0) is 9.53 Å².